The molecule has 110 valence electrons. The van der Waals surface area contributed by atoms with Crippen molar-refractivity contribution in [1.29, 1.82) is 0 Å². The molecule has 1 aliphatic rings. The first-order valence-corrected chi connectivity index (χ1v) is 6.52. The summed E-state index contributed by atoms with van der Waals surface area (Å²) < 4.78 is 11.5. The maximum Gasteiger partial charge on any atom is 0.341 e. The van der Waals surface area contributed by atoms with E-state index in [-0.39, 0.29) is 12.5 Å². The monoisotopic (exact) mass is 281 g/mol. The molecule has 20 heavy (non-hydrogen) atoms. The third kappa shape index (κ3) is 2.82. The van der Waals surface area contributed by atoms with Crippen molar-refractivity contribution in [1.82, 2.24) is 14.7 Å². The van der Waals surface area contributed by atoms with E-state index in [1.165, 1.54) is 7.11 Å². The van der Waals surface area contributed by atoms with Gasteiger partial charge in [0.15, 0.2) is 0 Å². The van der Waals surface area contributed by atoms with Gasteiger partial charge >= 0.3 is 5.97 Å². The van der Waals surface area contributed by atoms with Gasteiger partial charge in [-0.2, -0.15) is 5.10 Å². The van der Waals surface area contributed by atoms with Gasteiger partial charge in [-0.05, 0) is 13.8 Å². The molecule has 1 amide bonds. The molecule has 1 aromatic heterocycles. The molecule has 0 saturated carbocycles. The second kappa shape index (κ2) is 6.04. The Morgan fingerprint density at radius 1 is 1.30 bits per heavy atom. The number of ether oxygens (including phenoxy) is 2. The van der Waals surface area contributed by atoms with Crippen molar-refractivity contribution < 1.29 is 19.1 Å². The quantitative estimate of drug-likeness (QED) is 0.737. The lowest BCUT2D eigenvalue weighted by Gasteiger charge is -2.26. The number of methoxy groups -OCH3 is 1. The second-order valence-corrected chi connectivity index (χ2v) is 4.69. The van der Waals surface area contributed by atoms with Gasteiger partial charge in [0.05, 0.1) is 31.7 Å². The third-order valence-corrected chi connectivity index (χ3v) is 3.42. The highest BCUT2D eigenvalue weighted by Crippen LogP contribution is 2.14. The first-order chi connectivity index (χ1) is 9.54. The molecule has 1 aliphatic heterocycles. The van der Waals surface area contributed by atoms with Crippen LogP contribution in [0.3, 0.4) is 0 Å². The summed E-state index contributed by atoms with van der Waals surface area (Å²) in [6.07, 6.45) is 0. The van der Waals surface area contributed by atoms with Gasteiger partial charge in [-0.3, -0.25) is 9.48 Å². The van der Waals surface area contributed by atoms with E-state index < -0.39 is 5.97 Å². The molecular formula is C13H19N3O4. The van der Waals surface area contributed by atoms with E-state index in [1.54, 1.807) is 23.4 Å². The number of rotatable bonds is 3. The number of hydrogen-bond donors (Lipinski definition) is 0. The van der Waals surface area contributed by atoms with Gasteiger partial charge in [0.25, 0.3) is 0 Å². The summed E-state index contributed by atoms with van der Waals surface area (Å²) in [4.78, 5) is 25.6. The average molecular weight is 281 g/mol. The van der Waals surface area contributed by atoms with Gasteiger partial charge in [-0.15, -0.1) is 0 Å². The number of carbonyl (C=O) groups excluding carboxylic acids is 2. The predicted octanol–water partition coefficient (Wildman–Crippen LogP) is 0.145. The Morgan fingerprint density at radius 2 is 1.95 bits per heavy atom. The number of esters is 1. The van der Waals surface area contributed by atoms with Crippen molar-refractivity contribution >= 4 is 11.9 Å². The molecule has 0 radical (unpaired) electrons. The van der Waals surface area contributed by atoms with E-state index in [0.29, 0.717) is 43.3 Å². The van der Waals surface area contributed by atoms with Crippen molar-refractivity contribution in [2.75, 3.05) is 33.4 Å². The molecule has 2 rings (SSSR count). The highest BCUT2D eigenvalue weighted by atomic mass is 16.5. The van der Waals surface area contributed by atoms with Crippen LogP contribution in [0.25, 0.3) is 0 Å². The Balaban J connectivity index is 2.13. The first-order valence-electron chi connectivity index (χ1n) is 6.52. The highest BCUT2D eigenvalue weighted by molar-refractivity contribution is 5.91. The number of morpholine rings is 1. The molecule has 1 fully saturated rings. The number of aromatic nitrogens is 2. The van der Waals surface area contributed by atoms with Gasteiger partial charge in [0, 0.05) is 13.1 Å². The molecular weight excluding hydrogens is 262 g/mol. The van der Waals surface area contributed by atoms with Gasteiger partial charge in [-0.1, -0.05) is 0 Å². The summed E-state index contributed by atoms with van der Waals surface area (Å²) in [5.41, 5.74) is 1.65. The summed E-state index contributed by atoms with van der Waals surface area (Å²) in [5.74, 6) is -0.444. The van der Waals surface area contributed by atoms with E-state index in [9.17, 15) is 9.59 Å². The van der Waals surface area contributed by atoms with Crippen LogP contribution in [0.5, 0.6) is 0 Å². The minimum absolute atomic E-state index is 0.0182. The van der Waals surface area contributed by atoms with Crippen LogP contribution in [0.15, 0.2) is 0 Å². The van der Waals surface area contributed by atoms with E-state index in [4.69, 9.17) is 9.47 Å². The SMILES string of the molecule is COC(=O)c1c(C)nn(CC(=O)N2CCOCC2)c1C. The maximum atomic E-state index is 12.2. The minimum Gasteiger partial charge on any atom is -0.465 e. The van der Waals surface area contributed by atoms with Crippen LogP contribution in [0.1, 0.15) is 21.7 Å². The van der Waals surface area contributed by atoms with Crippen LogP contribution < -0.4 is 0 Å². The molecule has 2 heterocycles. The van der Waals surface area contributed by atoms with Crippen LogP contribution in [0, 0.1) is 13.8 Å². The molecule has 0 spiro atoms. The lowest BCUT2D eigenvalue weighted by atomic mass is 10.2. The largest absolute Gasteiger partial charge is 0.465 e. The molecule has 0 aliphatic carbocycles. The minimum atomic E-state index is -0.426. The van der Waals surface area contributed by atoms with Crippen LogP contribution in [-0.4, -0.2) is 60.0 Å². The zero-order chi connectivity index (χ0) is 14.7. The summed E-state index contributed by atoms with van der Waals surface area (Å²) in [5, 5.41) is 4.25. The van der Waals surface area contributed by atoms with E-state index in [0.717, 1.165) is 0 Å². The Morgan fingerprint density at radius 3 is 2.55 bits per heavy atom. The van der Waals surface area contributed by atoms with Crippen molar-refractivity contribution in [3.05, 3.63) is 17.0 Å². The van der Waals surface area contributed by atoms with Gasteiger partial charge in [0.2, 0.25) is 5.91 Å². The third-order valence-electron chi connectivity index (χ3n) is 3.42. The number of aryl methyl sites for hydroxylation is 1. The molecule has 0 bridgehead atoms. The van der Waals surface area contributed by atoms with Gasteiger partial charge < -0.3 is 14.4 Å². The molecule has 0 unspecified atom stereocenters. The van der Waals surface area contributed by atoms with E-state index in [2.05, 4.69) is 5.10 Å². The van der Waals surface area contributed by atoms with E-state index in [1.807, 2.05) is 0 Å². The molecule has 7 nitrogen and oxygen atoms in total. The molecule has 0 atom stereocenters. The molecule has 7 heteroatoms. The summed E-state index contributed by atoms with van der Waals surface area (Å²) in [7, 11) is 1.33. The topological polar surface area (TPSA) is 73.7 Å². The summed E-state index contributed by atoms with van der Waals surface area (Å²) >= 11 is 0. The number of nitrogens with zero attached hydrogens (tertiary/aromatic N) is 3. The Bertz CT molecular complexity index is 518. The van der Waals surface area contributed by atoms with Crippen LogP contribution in [0.2, 0.25) is 0 Å². The standard InChI is InChI=1S/C13H19N3O4/c1-9-12(13(18)19-3)10(2)16(14-9)8-11(17)15-4-6-20-7-5-15/h4-8H2,1-3H3. The fourth-order valence-electron chi connectivity index (χ4n) is 2.29. The number of carbonyl (C=O) groups is 2. The Hall–Kier alpha value is -1.89. The summed E-state index contributed by atoms with van der Waals surface area (Å²) in [6, 6.07) is 0. The zero-order valence-electron chi connectivity index (χ0n) is 12.0. The normalized spacial score (nSPS) is 15.2. The smallest absolute Gasteiger partial charge is 0.341 e. The highest BCUT2D eigenvalue weighted by Gasteiger charge is 2.22. The number of amides is 1. The predicted molar refractivity (Wildman–Crippen MR) is 70.4 cm³/mol. The maximum absolute atomic E-state index is 12.2. The molecule has 0 aromatic carbocycles. The molecule has 0 N–H and O–H groups in total. The van der Waals surface area contributed by atoms with Crippen LogP contribution in [-0.2, 0) is 20.8 Å². The zero-order valence-corrected chi connectivity index (χ0v) is 12.0. The lowest BCUT2D eigenvalue weighted by Crippen LogP contribution is -2.42. The Kier molecular flexibility index (Phi) is 4.39. The van der Waals surface area contributed by atoms with Crippen LogP contribution >= 0.6 is 0 Å². The molecule has 1 saturated heterocycles. The van der Waals surface area contributed by atoms with Crippen molar-refractivity contribution in [3.8, 4) is 0 Å². The van der Waals surface area contributed by atoms with Crippen LogP contribution in [0.4, 0.5) is 0 Å². The van der Waals surface area contributed by atoms with Crippen molar-refractivity contribution in [2.24, 2.45) is 0 Å². The Labute approximate surface area is 117 Å². The number of hydrogen-bond acceptors (Lipinski definition) is 5. The van der Waals surface area contributed by atoms with E-state index >= 15 is 0 Å². The molecule has 1 aromatic rings. The van der Waals surface area contributed by atoms with Crippen molar-refractivity contribution in [2.45, 2.75) is 20.4 Å². The average Bonchev–Trinajstić information content (AvgIpc) is 2.73. The van der Waals surface area contributed by atoms with Gasteiger partial charge in [0.1, 0.15) is 12.1 Å². The van der Waals surface area contributed by atoms with Crippen molar-refractivity contribution in [3.63, 3.8) is 0 Å². The fourth-order valence-corrected chi connectivity index (χ4v) is 2.29. The second-order valence-electron chi connectivity index (χ2n) is 4.69. The first kappa shape index (κ1) is 14.5. The lowest BCUT2D eigenvalue weighted by molar-refractivity contribution is -0.136. The fraction of sp³-hybridized carbons (Fsp3) is 0.615. The summed E-state index contributed by atoms with van der Waals surface area (Å²) in [6.45, 7) is 5.95. The van der Waals surface area contributed by atoms with Gasteiger partial charge in [-0.25, -0.2) is 4.79 Å².